The van der Waals surface area contributed by atoms with Crippen molar-refractivity contribution in [1.82, 2.24) is 10.2 Å². The number of halogens is 1. The molecule has 1 fully saturated rings. The van der Waals surface area contributed by atoms with Crippen LogP contribution in [0.15, 0.2) is 53.5 Å². The molecule has 0 spiro atoms. The Hall–Kier alpha value is -2.69. The zero-order valence-electron chi connectivity index (χ0n) is 19.5. The highest BCUT2D eigenvalue weighted by atomic mass is 127. The van der Waals surface area contributed by atoms with E-state index in [1.165, 1.54) is 6.92 Å². The number of nitrogens with one attached hydrogen (secondary N) is 2. The molecule has 3 rings (SSSR count). The lowest BCUT2D eigenvalue weighted by molar-refractivity contribution is -0.114. The van der Waals surface area contributed by atoms with Crippen LogP contribution in [0.5, 0.6) is 11.5 Å². The summed E-state index contributed by atoms with van der Waals surface area (Å²) in [5.74, 6) is 2.42. The number of carbonyl (C=O) groups is 1. The Morgan fingerprint density at radius 3 is 2.55 bits per heavy atom. The summed E-state index contributed by atoms with van der Waals surface area (Å²) >= 11 is 0. The predicted molar refractivity (Wildman–Crippen MR) is 144 cm³/mol. The van der Waals surface area contributed by atoms with Gasteiger partial charge >= 0.3 is 0 Å². The lowest BCUT2D eigenvalue weighted by Gasteiger charge is -2.38. The molecule has 9 heteroatoms. The average Bonchev–Trinajstić information content (AvgIpc) is 2.81. The van der Waals surface area contributed by atoms with Gasteiger partial charge in [-0.1, -0.05) is 18.2 Å². The zero-order valence-corrected chi connectivity index (χ0v) is 21.9. The lowest BCUT2D eigenvalue weighted by atomic mass is 10.2. The van der Waals surface area contributed by atoms with E-state index >= 15 is 0 Å². The highest BCUT2D eigenvalue weighted by Crippen LogP contribution is 2.28. The first-order valence-corrected chi connectivity index (χ1v) is 11.0. The average molecular weight is 567 g/mol. The molecule has 1 saturated heterocycles. The molecule has 1 amide bonds. The number of amides is 1. The van der Waals surface area contributed by atoms with Crippen LogP contribution in [-0.4, -0.2) is 69.8 Å². The fourth-order valence-electron chi connectivity index (χ4n) is 3.66. The van der Waals surface area contributed by atoms with Crippen LogP contribution in [0.1, 0.15) is 13.8 Å². The fourth-order valence-corrected chi connectivity index (χ4v) is 3.66. The van der Waals surface area contributed by atoms with E-state index in [4.69, 9.17) is 14.5 Å². The number of nitrogens with zero attached hydrogens (tertiary/aromatic N) is 3. The van der Waals surface area contributed by atoms with Crippen molar-refractivity contribution in [3.63, 3.8) is 0 Å². The number of guanidine groups is 1. The maximum Gasteiger partial charge on any atom is 0.221 e. The molecular weight excluding hydrogens is 533 g/mol. The van der Waals surface area contributed by atoms with Gasteiger partial charge in [-0.2, -0.15) is 0 Å². The largest absolute Gasteiger partial charge is 0.495 e. The third-order valence-corrected chi connectivity index (χ3v) is 5.12. The van der Waals surface area contributed by atoms with Gasteiger partial charge in [-0.3, -0.25) is 4.79 Å². The van der Waals surface area contributed by atoms with Gasteiger partial charge in [0.25, 0.3) is 0 Å². The molecule has 8 nitrogen and oxygen atoms in total. The normalized spacial score (nSPS) is 13.7. The van der Waals surface area contributed by atoms with Crippen LogP contribution in [0.4, 0.5) is 11.4 Å². The van der Waals surface area contributed by atoms with Crippen LogP contribution in [0.25, 0.3) is 0 Å². The van der Waals surface area contributed by atoms with Gasteiger partial charge in [-0.05, 0) is 31.2 Å². The first-order chi connectivity index (χ1) is 15.6. The number of anilines is 2. The fraction of sp³-hybridized carbons (Fsp3) is 0.417. The molecule has 180 valence electrons. The van der Waals surface area contributed by atoms with Crippen LogP contribution >= 0.6 is 24.0 Å². The molecule has 33 heavy (non-hydrogen) atoms. The Morgan fingerprint density at radius 2 is 1.85 bits per heavy atom. The van der Waals surface area contributed by atoms with E-state index in [1.54, 1.807) is 7.11 Å². The minimum absolute atomic E-state index is 0. The number of carbonyl (C=O) groups excluding carboxylic acids is 1. The summed E-state index contributed by atoms with van der Waals surface area (Å²) < 4.78 is 11.3. The molecule has 0 saturated carbocycles. The number of benzene rings is 2. The summed E-state index contributed by atoms with van der Waals surface area (Å²) in [4.78, 5) is 20.6. The second-order valence-corrected chi connectivity index (χ2v) is 7.44. The molecule has 0 unspecified atom stereocenters. The molecule has 1 heterocycles. The Labute approximate surface area is 213 Å². The van der Waals surface area contributed by atoms with Gasteiger partial charge in [0, 0.05) is 51.4 Å². The van der Waals surface area contributed by atoms with Crippen molar-refractivity contribution in [2.45, 2.75) is 13.8 Å². The molecule has 2 aromatic rings. The van der Waals surface area contributed by atoms with Crippen molar-refractivity contribution >= 4 is 47.2 Å². The van der Waals surface area contributed by atoms with Crippen LogP contribution in [0.3, 0.4) is 0 Å². The van der Waals surface area contributed by atoms with Gasteiger partial charge in [0.2, 0.25) is 5.91 Å². The van der Waals surface area contributed by atoms with E-state index in [-0.39, 0.29) is 29.9 Å². The molecule has 2 N–H and O–H groups in total. The quantitative estimate of drug-likeness (QED) is 0.220. The molecule has 1 aliphatic heterocycles. The number of aliphatic imine (C=N–C) groups is 1. The topological polar surface area (TPSA) is 78.4 Å². The second kappa shape index (κ2) is 13.8. The van der Waals surface area contributed by atoms with Gasteiger partial charge in [0.05, 0.1) is 19.3 Å². The lowest BCUT2D eigenvalue weighted by Crippen LogP contribution is -2.52. The van der Waals surface area contributed by atoms with Crippen molar-refractivity contribution in [3.8, 4) is 11.5 Å². The van der Waals surface area contributed by atoms with Gasteiger partial charge in [-0.15, -0.1) is 24.0 Å². The summed E-state index contributed by atoms with van der Waals surface area (Å²) in [6.45, 7) is 8.93. The zero-order chi connectivity index (χ0) is 22.8. The molecule has 0 atom stereocenters. The van der Waals surface area contributed by atoms with E-state index in [1.807, 2.05) is 42.5 Å². The third kappa shape index (κ3) is 7.99. The van der Waals surface area contributed by atoms with Crippen LogP contribution in [-0.2, 0) is 4.79 Å². The van der Waals surface area contributed by atoms with E-state index in [0.717, 1.165) is 55.8 Å². The number of rotatable bonds is 8. The molecule has 0 radical (unpaired) electrons. The second-order valence-electron chi connectivity index (χ2n) is 7.44. The Bertz CT molecular complexity index is 916. The number of hydrogen-bond donors (Lipinski definition) is 2. The standard InChI is InChI=1S/C24H33N5O3.HI/c1-4-25-24(26-12-17-32-21-9-7-8-20(18-21)27-19(2)30)29-15-13-28(14-16-29)22-10-5-6-11-23(22)31-3;/h5-11,18H,4,12-17H2,1-3H3,(H,25,26)(H,27,30);1H. The summed E-state index contributed by atoms with van der Waals surface area (Å²) in [5, 5.41) is 6.15. The van der Waals surface area contributed by atoms with Crippen molar-refractivity contribution in [2.75, 3.05) is 63.2 Å². The maximum absolute atomic E-state index is 11.2. The first-order valence-electron chi connectivity index (χ1n) is 11.0. The van der Waals surface area contributed by atoms with Gasteiger partial charge in [0.1, 0.15) is 18.1 Å². The number of hydrogen-bond acceptors (Lipinski definition) is 5. The minimum Gasteiger partial charge on any atom is -0.495 e. The molecule has 2 aromatic carbocycles. The number of piperazine rings is 1. The number of methoxy groups -OCH3 is 1. The van der Waals surface area contributed by atoms with Crippen LogP contribution < -0.4 is 25.0 Å². The number of ether oxygens (including phenoxy) is 2. The van der Waals surface area contributed by atoms with Crippen molar-refractivity contribution in [1.29, 1.82) is 0 Å². The van der Waals surface area contributed by atoms with Crippen LogP contribution in [0.2, 0.25) is 0 Å². The predicted octanol–water partition coefficient (Wildman–Crippen LogP) is 3.44. The highest BCUT2D eigenvalue weighted by molar-refractivity contribution is 14.0. The van der Waals surface area contributed by atoms with Crippen molar-refractivity contribution in [3.05, 3.63) is 48.5 Å². The van der Waals surface area contributed by atoms with E-state index in [9.17, 15) is 4.79 Å². The van der Waals surface area contributed by atoms with E-state index in [0.29, 0.717) is 18.9 Å². The smallest absolute Gasteiger partial charge is 0.221 e. The van der Waals surface area contributed by atoms with Gasteiger partial charge in [-0.25, -0.2) is 4.99 Å². The first kappa shape index (κ1) is 26.6. The van der Waals surface area contributed by atoms with E-state index in [2.05, 4.69) is 33.4 Å². The maximum atomic E-state index is 11.2. The highest BCUT2D eigenvalue weighted by Gasteiger charge is 2.21. The Kier molecular flexibility index (Phi) is 11.1. The molecule has 0 aliphatic carbocycles. The summed E-state index contributed by atoms with van der Waals surface area (Å²) in [7, 11) is 1.71. The monoisotopic (exact) mass is 567 g/mol. The Morgan fingerprint density at radius 1 is 1.09 bits per heavy atom. The van der Waals surface area contributed by atoms with Gasteiger partial charge < -0.3 is 29.9 Å². The van der Waals surface area contributed by atoms with Crippen molar-refractivity contribution < 1.29 is 14.3 Å². The van der Waals surface area contributed by atoms with Gasteiger partial charge in [0.15, 0.2) is 5.96 Å². The molecular formula is C24H34IN5O3. The molecule has 0 bridgehead atoms. The summed E-state index contributed by atoms with van der Waals surface area (Å²) in [6.07, 6.45) is 0. The summed E-state index contributed by atoms with van der Waals surface area (Å²) in [5.41, 5.74) is 1.85. The minimum atomic E-state index is -0.104. The molecule has 0 aromatic heterocycles. The van der Waals surface area contributed by atoms with E-state index < -0.39 is 0 Å². The number of para-hydroxylation sites is 2. The van der Waals surface area contributed by atoms with Crippen molar-refractivity contribution in [2.24, 2.45) is 4.99 Å². The van der Waals surface area contributed by atoms with Crippen LogP contribution in [0, 0.1) is 0 Å². The SMILES string of the molecule is CCNC(=NCCOc1cccc(NC(C)=O)c1)N1CCN(c2ccccc2OC)CC1.I. The molecule has 1 aliphatic rings. The third-order valence-electron chi connectivity index (χ3n) is 5.12. The summed E-state index contributed by atoms with van der Waals surface area (Å²) in [6, 6.07) is 15.5. The Balaban J connectivity index is 0.00000385.